The van der Waals surface area contributed by atoms with Gasteiger partial charge in [-0.15, -0.1) is 11.3 Å². The van der Waals surface area contributed by atoms with Crippen molar-refractivity contribution in [2.75, 3.05) is 11.2 Å². The molecule has 0 aliphatic carbocycles. The van der Waals surface area contributed by atoms with Crippen molar-refractivity contribution in [3.05, 3.63) is 39.2 Å². The van der Waals surface area contributed by atoms with Gasteiger partial charge in [-0.3, -0.25) is 5.43 Å². The molecule has 0 fully saturated rings. The van der Waals surface area contributed by atoms with Crippen LogP contribution in [-0.4, -0.2) is 11.2 Å². The first-order valence-electron chi connectivity index (χ1n) is 4.71. The molecule has 0 amide bonds. The third-order valence-corrected chi connectivity index (χ3v) is 3.51. The lowest BCUT2D eigenvalue weighted by molar-refractivity contribution is 0.578. The number of hydrogen-bond donors (Lipinski definition) is 2. The van der Waals surface area contributed by atoms with Gasteiger partial charge in [-0.05, 0) is 22.0 Å². The zero-order valence-electron chi connectivity index (χ0n) is 8.82. The minimum Gasteiger partial charge on any atom is -0.383 e. The highest BCUT2D eigenvalue weighted by molar-refractivity contribution is 9.10. The molecule has 1 aromatic carbocycles. The van der Waals surface area contributed by atoms with Crippen molar-refractivity contribution >= 4 is 44.4 Å². The van der Waals surface area contributed by atoms with Gasteiger partial charge in [0.05, 0.1) is 10.7 Å². The van der Waals surface area contributed by atoms with Crippen molar-refractivity contribution in [2.24, 2.45) is 5.10 Å². The van der Waals surface area contributed by atoms with E-state index in [1.54, 1.807) is 5.38 Å². The molecule has 1 heterocycles. The van der Waals surface area contributed by atoms with Crippen LogP contribution in [-0.2, 0) is 0 Å². The smallest absolute Gasteiger partial charge is 0.205 e. The molecule has 0 bridgehead atoms. The van der Waals surface area contributed by atoms with E-state index in [2.05, 4.69) is 31.4 Å². The minimum atomic E-state index is -0.685. The fourth-order valence-corrected chi connectivity index (χ4v) is 2.04. The fraction of sp³-hybridized carbons (Fsp3) is 0. The maximum absolute atomic E-state index is 13.2. The van der Waals surface area contributed by atoms with Crippen LogP contribution in [0.3, 0.4) is 0 Å². The van der Waals surface area contributed by atoms with E-state index >= 15 is 0 Å². The predicted octanol–water partition coefficient (Wildman–Crippen LogP) is 3.21. The van der Waals surface area contributed by atoms with Crippen LogP contribution in [0.5, 0.6) is 0 Å². The number of aromatic nitrogens is 1. The largest absolute Gasteiger partial charge is 0.383 e. The molecule has 0 aliphatic rings. The molecule has 0 radical (unpaired) electrons. The Labute approximate surface area is 114 Å². The van der Waals surface area contributed by atoms with Crippen LogP contribution in [0.1, 0.15) is 5.56 Å². The summed E-state index contributed by atoms with van der Waals surface area (Å²) >= 11 is 4.29. The number of anilines is 2. The van der Waals surface area contributed by atoms with Gasteiger partial charge in [0.25, 0.3) is 0 Å². The van der Waals surface area contributed by atoms with Crippen molar-refractivity contribution in [3.8, 4) is 0 Å². The average Bonchev–Trinajstić information content (AvgIpc) is 2.71. The lowest BCUT2D eigenvalue weighted by Crippen LogP contribution is -1.94. The third kappa shape index (κ3) is 3.02. The van der Waals surface area contributed by atoms with Crippen molar-refractivity contribution in [1.29, 1.82) is 0 Å². The molecule has 0 spiro atoms. The molecule has 2 rings (SSSR count). The second-order valence-corrected chi connectivity index (χ2v) is 4.89. The highest BCUT2D eigenvalue weighted by Crippen LogP contribution is 2.21. The third-order valence-electron chi connectivity index (χ3n) is 1.91. The Hall–Kier alpha value is -1.54. The first-order valence-corrected chi connectivity index (χ1v) is 6.38. The van der Waals surface area contributed by atoms with Gasteiger partial charge in [0.2, 0.25) is 5.13 Å². The molecule has 0 aliphatic heterocycles. The minimum absolute atomic E-state index is 0.146. The van der Waals surface area contributed by atoms with E-state index in [0.29, 0.717) is 10.9 Å². The summed E-state index contributed by atoms with van der Waals surface area (Å²) in [5, 5.41) is 5.97. The lowest BCUT2D eigenvalue weighted by atomic mass is 10.2. The molecule has 1 aromatic heterocycles. The van der Waals surface area contributed by atoms with Gasteiger partial charge < -0.3 is 5.73 Å². The van der Waals surface area contributed by atoms with Gasteiger partial charge in [-0.1, -0.05) is 0 Å². The van der Waals surface area contributed by atoms with E-state index < -0.39 is 11.6 Å². The van der Waals surface area contributed by atoms with E-state index in [4.69, 9.17) is 5.73 Å². The Balaban J connectivity index is 2.14. The number of nitrogens with zero attached hydrogens (tertiary/aromatic N) is 2. The summed E-state index contributed by atoms with van der Waals surface area (Å²) in [6.45, 7) is 0. The van der Waals surface area contributed by atoms with Crippen molar-refractivity contribution in [3.63, 3.8) is 0 Å². The van der Waals surface area contributed by atoms with Gasteiger partial charge in [0, 0.05) is 17.0 Å². The highest BCUT2D eigenvalue weighted by atomic mass is 79.9. The molecule has 0 saturated heterocycles. The average molecular weight is 333 g/mol. The Morgan fingerprint density at radius 1 is 1.44 bits per heavy atom. The summed E-state index contributed by atoms with van der Waals surface area (Å²) in [6, 6.07) is 1.95. The Bertz CT molecular complexity index is 600. The lowest BCUT2D eigenvalue weighted by Gasteiger charge is -2.00. The van der Waals surface area contributed by atoms with E-state index in [1.165, 1.54) is 17.6 Å². The maximum atomic E-state index is 13.2. The Kier molecular flexibility index (Phi) is 3.87. The maximum Gasteiger partial charge on any atom is 0.205 e. The van der Waals surface area contributed by atoms with E-state index in [0.717, 1.165) is 12.1 Å². The van der Waals surface area contributed by atoms with E-state index in [1.807, 2.05) is 0 Å². The Morgan fingerprint density at radius 3 is 2.89 bits per heavy atom. The van der Waals surface area contributed by atoms with Crippen LogP contribution < -0.4 is 11.2 Å². The van der Waals surface area contributed by atoms with E-state index in [-0.39, 0.29) is 10.0 Å². The monoisotopic (exact) mass is 332 g/mol. The number of hydrazone groups is 1. The molecule has 4 nitrogen and oxygen atoms in total. The molecule has 0 unspecified atom stereocenters. The molecule has 94 valence electrons. The quantitative estimate of drug-likeness (QED) is 0.515. The normalized spacial score (nSPS) is 11.1. The molecular formula is C10H7BrF2N4S. The number of nitrogen functional groups attached to an aromatic ring is 1. The van der Waals surface area contributed by atoms with Crippen LogP contribution in [0.25, 0.3) is 0 Å². The Morgan fingerprint density at radius 2 is 2.22 bits per heavy atom. The molecule has 8 heteroatoms. The summed E-state index contributed by atoms with van der Waals surface area (Å²) in [5.74, 6) is -0.971. The van der Waals surface area contributed by atoms with Crippen LogP contribution in [0.15, 0.2) is 27.1 Å². The second-order valence-electron chi connectivity index (χ2n) is 3.24. The number of hydrogen-bond acceptors (Lipinski definition) is 5. The molecule has 0 saturated carbocycles. The molecule has 2 aromatic rings. The van der Waals surface area contributed by atoms with Gasteiger partial charge in [0.1, 0.15) is 17.5 Å². The summed E-state index contributed by atoms with van der Waals surface area (Å²) < 4.78 is 26.3. The second kappa shape index (κ2) is 5.40. The molecule has 18 heavy (non-hydrogen) atoms. The van der Waals surface area contributed by atoms with Crippen molar-refractivity contribution in [1.82, 2.24) is 4.98 Å². The first-order chi connectivity index (χ1) is 8.56. The number of thiazole rings is 1. The summed E-state index contributed by atoms with van der Waals surface area (Å²) in [5.41, 5.74) is 8.32. The number of benzene rings is 1. The molecule has 0 atom stereocenters. The number of nitrogens with two attached hydrogens (primary N) is 1. The zero-order valence-corrected chi connectivity index (χ0v) is 11.2. The van der Waals surface area contributed by atoms with Crippen molar-refractivity contribution < 1.29 is 8.78 Å². The number of rotatable bonds is 3. The van der Waals surface area contributed by atoms with Gasteiger partial charge in [0.15, 0.2) is 0 Å². The fourth-order valence-electron chi connectivity index (χ4n) is 1.16. The summed E-state index contributed by atoms with van der Waals surface area (Å²) in [7, 11) is 0. The van der Waals surface area contributed by atoms with Crippen LogP contribution in [0.2, 0.25) is 0 Å². The summed E-state index contributed by atoms with van der Waals surface area (Å²) in [6.07, 6.45) is 1.29. The number of nitrogens with one attached hydrogen (secondary N) is 1. The molecule has 3 N–H and O–H groups in total. The highest BCUT2D eigenvalue weighted by Gasteiger charge is 2.06. The predicted molar refractivity (Wildman–Crippen MR) is 71.8 cm³/mol. The topological polar surface area (TPSA) is 63.3 Å². The first kappa shape index (κ1) is 12.9. The number of halogens is 3. The van der Waals surface area contributed by atoms with Crippen molar-refractivity contribution in [2.45, 2.75) is 0 Å². The SMILES string of the molecule is Nc1csc(NN=Cc2cc(F)cc(F)c2Br)n1. The standard InChI is InChI=1S/C10H7BrF2N4S/c11-9-5(1-6(12)2-7(9)13)3-15-17-10-16-8(14)4-18-10/h1-4H,14H2,(H,16,17). The molecular weight excluding hydrogens is 326 g/mol. The summed E-state index contributed by atoms with van der Waals surface area (Å²) in [4.78, 5) is 3.91. The van der Waals surface area contributed by atoms with Gasteiger partial charge in [-0.2, -0.15) is 5.10 Å². The zero-order chi connectivity index (χ0) is 13.1. The van der Waals surface area contributed by atoms with Crippen LogP contribution in [0, 0.1) is 11.6 Å². The van der Waals surface area contributed by atoms with Crippen LogP contribution >= 0.6 is 27.3 Å². The van der Waals surface area contributed by atoms with Crippen LogP contribution in [0.4, 0.5) is 19.7 Å². The van der Waals surface area contributed by atoms with Gasteiger partial charge in [-0.25, -0.2) is 13.8 Å². The van der Waals surface area contributed by atoms with Gasteiger partial charge >= 0.3 is 0 Å². The van der Waals surface area contributed by atoms with E-state index in [9.17, 15) is 8.78 Å².